The van der Waals surface area contributed by atoms with E-state index in [-0.39, 0.29) is 5.91 Å². The molecular formula is C19H18N2O2S. The molecule has 0 atom stereocenters. The third-order valence-corrected chi connectivity index (χ3v) is 3.96. The highest BCUT2D eigenvalue weighted by atomic mass is 32.1. The van der Waals surface area contributed by atoms with Crippen LogP contribution in [0, 0.1) is 6.92 Å². The molecule has 0 saturated carbocycles. The van der Waals surface area contributed by atoms with Gasteiger partial charge >= 0.3 is 0 Å². The van der Waals surface area contributed by atoms with E-state index in [4.69, 9.17) is 17.0 Å². The van der Waals surface area contributed by atoms with Crippen LogP contribution in [0.4, 0.5) is 5.69 Å². The van der Waals surface area contributed by atoms with Gasteiger partial charge in [0.2, 0.25) is 0 Å². The minimum atomic E-state index is -0.155. The Morgan fingerprint density at radius 3 is 2.42 bits per heavy atom. The summed E-state index contributed by atoms with van der Waals surface area (Å²) in [5, 5.41) is 3.38. The highest BCUT2D eigenvalue weighted by Crippen LogP contribution is 2.23. The van der Waals surface area contributed by atoms with Crippen LogP contribution in [-0.4, -0.2) is 17.6 Å². The molecule has 0 aromatic heterocycles. The van der Waals surface area contributed by atoms with Crippen molar-refractivity contribution in [2.24, 2.45) is 0 Å². The zero-order valence-electron chi connectivity index (χ0n) is 13.6. The molecule has 122 valence electrons. The van der Waals surface area contributed by atoms with Crippen molar-refractivity contribution in [2.75, 3.05) is 11.5 Å². The maximum absolute atomic E-state index is 12.7. The largest absolute Gasteiger partial charge is 0.494 e. The van der Waals surface area contributed by atoms with Gasteiger partial charge in [-0.2, -0.15) is 0 Å². The molecule has 5 heteroatoms. The number of thiocarbonyl (C=S) groups is 1. The molecule has 1 heterocycles. The van der Waals surface area contributed by atoms with Crippen LogP contribution < -0.4 is 15.0 Å². The number of rotatable bonds is 4. The standard InChI is InChI=1S/C19H18N2O2S/c1-3-23-16-10-6-14(7-11-16)12-17-18(22)21(19(24)20-17)15-8-4-13(2)5-9-15/h4-12H,3H2,1-2H3,(H,20,24)/b17-12-. The second-order valence-corrected chi connectivity index (χ2v) is 5.85. The fourth-order valence-corrected chi connectivity index (χ4v) is 2.76. The van der Waals surface area contributed by atoms with Gasteiger partial charge in [-0.3, -0.25) is 9.69 Å². The summed E-state index contributed by atoms with van der Waals surface area (Å²) >= 11 is 5.31. The van der Waals surface area contributed by atoms with Crippen molar-refractivity contribution >= 4 is 35.0 Å². The Labute approximate surface area is 146 Å². The lowest BCUT2D eigenvalue weighted by atomic mass is 10.1. The van der Waals surface area contributed by atoms with Gasteiger partial charge < -0.3 is 10.1 Å². The van der Waals surface area contributed by atoms with E-state index in [0.29, 0.717) is 17.4 Å². The van der Waals surface area contributed by atoms with Gasteiger partial charge in [0.15, 0.2) is 5.11 Å². The Hall–Kier alpha value is -2.66. The van der Waals surface area contributed by atoms with Gasteiger partial charge in [0.05, 0.1) is 12.3 Å². The molecule has 24 heavy (non-hydrogen) atoms. The summed E-state index contributed by atoms with van der Waals surface area (Å²) in [7, 11) is 0. The maximum Gasteiger partial charge on any atom is 0.281 e. The molecule has 1 fully saturated rings. The molecular weight excluding hydrogens is 320 g/mol. The molecule has 2 aromatic rings. The Bertz CT molecular complexity index is 795. The summed E-state index contributed by atoms with van der Waals surface area (Å²) in [6.45, 7) is 4.57. The quantitative estimate of drug-likeness (QED) is 0.682. The minimum absolute atomic E-state index is 0.155. The number of hydrogen-bond donors (Lipinski definition) is 1. The Morgan fingerprint density at radius 2 is 1.79 bits per heavy atom. The van der Waals surface area contributed by atoms with Crippen molar-refractivity contribution in [1.29, 1.82) is 0 Å². The lowest BCUT2D eigenvalue weighted by molar-refractivity contribution is -0.113. The first-order valence-electron chi connectivity index (χ1n) is 7.75. The van der Waals surface area contributed by atoms with E-state index in [0.717, 1.165) is 22.6 Å². The van der Waals surface area contributed by atoms with Gasteiger partial charge in [0.25, 0.3) is 5.91 Å². The summed E-state index contributed by atoms with van der Waals surface area (Å²) in [6.07, 6.45) is 1.79. The number of anilines is 1. The molecule has 0 aliphatic carbocycles. The Balaban J connectivity index is 1.83. The van der Waals surface area contributed by atoms with Crippen LogP contribution in [0.2, 0.25) is 0 Å². The first-order valence-corrected chi connectivity index (χ1v) is 8.16. The van der Waals surface area contributed by atoms with E-state index < -0.39 is 0 Å². The molecule has 0 bridgehead atoms. The molecule has 0 spiro atoms. The van der Waals surface area contributed by atoms with Crippen LogP contribution in [0.15, 0.2) is 54.2 Å². The molecule has 0 radical (unpaired) electrons. The number of aryl methyl sites for hydroxylation is 1. The van der Waals surface area contributed by atoms with Crippen LogP contribution in [0.1, 0.15) is 18.1 Å². The van der Waals surface area contributed by atoms with Gasteiger partial charge in [-0.05, 0) is 62.0 Å². The van der Waals surface area contributed by atoms with E-state index in [1.807, 2.05) is 62.4 Å². The summed E-state index contributed by atoms with van der Waals surface area (Å²) in [4.78, 5) is 14.2. The van der Waals surface area contributed by atoms with E-state index in [2.05, 4.69) is 5.32 Å². The predicted octanol–water partition coefficient (Wildman–Crippen LogP) is 3.66. The van der Waals surface area contributed by atoms with Crippen LogP contribution in [0.5, 0.6) is 5.75 Å². The maximum atomic E-state index is 12.7. The monoisotopic (exact) mass is 338 g/mol. The molecule has 3 rings (SSSR count). The third kappa shape index (κ3) is 3.31. The van der Waals surface area contributed by atoms with Crippen molar-refractivity contribution in [2.45, 2.75) is 13.8 Å². The Morgan fingerprint density at radius 1 is 1.12 bits per heavy atom. The highest BCUT2D eigenvalue weighted by Gasteiger charge is 2.31. The Kier molecular flexibility index (Phi) is 4.62. The van der Waals surface area contributed by atoms with Gasteiger partial charge in [0.1, 0.15) is 11.4 Å². The fourth-order valence-electron chi connectivity index (χ4n) is 2.46. The molecule has 4 nitrogen and oxygen atoms in total. The molecule has 1 saturated heterocycles. The zero-order chi connectivity index (χ0) is 17.1. The molecule has 1 aliphatic rings. The van der Waals surface area contributed by atoms with Crippen LogP contribution in [-0.2, 0) is 4.79 Å². The average Bonchev–Trinajstić information content (AvgIpc) is 2.85. The third-order valence-electron chi connectivity index (χ3n) is 3.67. The van der Waals surface area contributed by atoms with Crippen LogP contribution >= 0.6 is 12.2 Å². The van der Waals surface area contributed by atoms with Gasteiger partial charge in [-0.1, -0.05) is 29.8 Å². The minimum Gasteiger partial charge on any atom is -0.494 e. The molecule has 1 amide bonds. The summed E-state index contributed by atoms with van der Waals surface area (Å²) in [5.74, 6) is 0.653. The number of nitrogens with zero attached hydrogens (tertiary/aromatic N) is 1. The van der Waals surface area contributed by atoms with Crippen molar-refractivity contribution < 1.29 is 9.53 Å². The number of amides is 1. The number of benzene rings is 2. The van der Waals surface area contributed by atoms with E-state index >= 15 is 0 Å². The molecule has 2 aromatic carbocycles. The van der Waals surface area contributed by atoms with Gasteiger partial charge in [0, 0.05) is 0 Å². The summed E-state index contributed by atoms with van der Waals surface area (Å²) in [5.41, 5.74) is 3.26. The van der Waals surface area contributed by atoms with E-state index in [1.165, 1.54) is 4.90 Å². The predicted molar refractivity (Wildman–Crippen MR) is 100.0 cm³/mol. The lowest BCUT2D eigenvalue weighted by Gasteiger charge is -2.13. The zero-order valence-corrected chi connectivity index (χ0v) is 14.4. The molecule has 0 unspecified atom stereocenters. The normalized spacial score (nSPS) is 15.8. The first-order chi connectivity index (χ1) is 11.6. The number of nitrogens with one attached hydrogen (secondary N) is 1. The molecule has 1 aliphatic heterocycles. The van der Waals surface area contributed by atoms with Crippen molar-refractivity contribution in [1.82, 2.24) is 5.32 Å². The van der Waals surface area contributed by atoms with E-state index in [1.54, 1.807) is 6.08 Å². The van der Waals surface area contributed by atoms with Crippen LogP contribution in [0.25, 0.3) is 6.08 Å². The van der Waals surface area contributed by atoms with Gasteiger partial charge in [-0.15, -0.1) is 0 Å². The smallest absolute Gasteiger partial charge is 0.281 e. The summed E-state index contributed by atoms with van der Waals surface area (Å²) in [6, 6.07) is 15.3. The van der Waals surface area contributed by atoms with Crippen molar-refractivity contribution in [3.05, 3.63) is 65.4 Å². The number of hydrogen-bond acceptors (Lipinski definition) is 3. The highest BCUT2D eigenvalue weighted by molar-refractivity contribution is 7.80. The number of carbonyl (C=O) groups excluding carboxylic acids is 1. The second-order valence-electron chi connectivity index (χ2n) is 5.47. The van der Waals surface area contributed by atoms with Crippen LogP contribution in [0.3, 0.4) is 0 Å². The topological polar surface area (TPSA) is 41.6 Å². The van der Waals surface area contributed by atoms with Gasteiger partial charge in [-0.25, -0.2) is 0 Å². The lowest BCUT2D eigenvalue weighted by Crippen LogP contribution is -2.30. The molecule has 1 N–H and O–H groups in total. The van der Waals surface area contributed by atoms with E-state index in [9.17, 15) is 4.79 Å². The summed E-state index contributed by atoms with van der Waals surface area (Å²) < 4.78 is 5.42. The van der Waals surface area contributed by atoms with Crippen molar-refractivity contribution in [3.8, 4) is 5.75 Å². The number of carbonyl (C=O) groups is 1. The number of ether oxygens (including phenoxy) is 1. The fraction of sp³-hybridized carbons (Fsp3) is 0.158. The first kappa shape index (κ1) is 16.2. The SMILES string of the molecule is CCOc1ccc(/C=C2\NC(=S)N(c3ccc(C)cc3)C2=O)cc1. The van der Waals surface area contributed by atoms with Crippen molar-refractivity contribution in [3.63, 3.8) is 0 Å². The average molecular weight is 338 g/mol. The second kappa shape index (κ2) is 6.84.